The van der Waals surface area contributed by atoms with E-state index in [4.69, 9.17) is 14.7 Å². The molecule has 5 heterocycles. The number of hydrogen-bond acceptors (Lipinski definition) is 9. The van der Waals surface area contributed by atoms with Crippen LogP contribution in [0.4, 0.5) is 23.5 Å². The van der Waals surface area contributed by atoms with E-state index in [1.54, 1.807) is 0 Å². The third kappa shape index (κ3) is 4.05. The average Bonchev–Trinajstić information content (AvgIpc) is 3.35. The summed E-state index contributed by atoms with van der Waals surface area (Å²) in [5.41, 5.74) is 0. The van der Waals surface area contributed by atoms with Crippen LogP contribution in [0.3, 0.4) is 0 Å². The second kappa shape index (κ2) is 8.36. The molecule has 0 amide bonds. The van der Waals surface area contributed by atoms with Crippen molar-refractivity contribution in [3.63, 3.8) is 0 Å². The van der Waals surface area contributed by atoms with Crippen LogP contribution in [-0.4, -0.2) is 85.5 Å². The van der Waals surface area contributed by atoms with E-state index in [2.05, 4.69) is 29.6 Å². The van der Waals surface area contributed by atoms with Crippen molar-refractivity contribution in [3.8, 4) is 0 Å². The first-order valence-electron chi connectivity index (χ1n) is 10.6. The fraction of sp³-hybridized carbons (Fsp3) is 0.600. The molecule has 0 bridgehead atoms. The number of rotatable bonds is 4. The lowest BCUT2D eigenvalue weighted by Gasteiger charge is -2.36. The first kappa shape index (κ1) is 18.4. The summed E-state index contributed by atoms with van der Waals surface area (Å²) in [6.45, 7) is 8.95. The zero-order valence-corrected chi connectivity index (χ0v) is 16.8. The number of piperazine rings is 1. The number of nitrogens with zero attached hydrogens (tertiary/aromatic N) is 8. The van der Waals surface area contributed by atoms with Crippen molar-refractivity contribution < 1.29 is 4.74 Å². The zero-order valence-electron chi connectivity index (χ0n) is 16.8. The van der Waals surface area contributed by atoms with Gasteiger partial charge in [-0.05, 0) is 25.0 Å². The van der Waals surface area contributed by atoms with Gasteiger partial charge in [0.1, 0.15) is 11.6 Å². The van der Waals surface area contributed by atoms with E-state index in [1.807, 2.05) is 24.5 Å². The molecular formula is C20H28N8O. The molecule has 0 spiro atoms. The molecule has 3 aliphatic heterocycles. The summed E-state index contributed by atoms with van der Waals surface area (Å²) in [5.74, 6) is 3.69. The summed E-state index contributed by atoms with van der Waals surface area (Å²) >= 11 is 0. The molecule has 0 aliphatic carbocycles. The Balaban J connectivity index is 1.23. The molecule has 2 aromatic heterocycles. The van der Waals surface area contributed by atoms with Crippen molar-refractivity contribution in [1.82, 2.24) is 19.9 Å². The number of hydrogen-bond donors (Lipinski definition) is 0. The van der Waals surface area contributed by atoms with E-state index in [9.17, 15) is 0 Å². The molecule has 0 unspecified atom stereocenters. The largest absolute Gasteiger partial charge is 0.378 e. The predicted octanol–water partition coefficient (Wildman–Crippen LogP) is 1.03. The van der Waals surface area contributed by atoms with Gasteiger partial charge in [0.05, 0.1) is 13.2 Å². The van der Waals surface area contributed by atoms with Crippen LogP contribution in [0.25, 0.3) is 0 Å². The van der Waals surface area contributed by atoms with Gasteiger partial charge in [0, 0.05) is 64.8 Å². The molecule has 2 aromatic rings. The first-order chi connectivity index (χ1) is 14.4. The Labute approximate surface area is 171 Å². The van der Waals surface area contributed by atoms with E-state index in [1.165, 1.54) is 12.8 Å². The topological polar surface area (TPSA) is 73.8 Å². The Bertz CT molecular complexity index is 814. The predicted molar refractivity (Wildman–Crippen MR) is 113 cm³/mol. The maximum atomic E-state index is 5.43. The zero-order chi connectivity index (χ0) is 19.5. The minimum atomic E-state index is 0.739. The number of aromatic nitrogens is 4. The lowest BCUT2D eigenvalue weighted by molar-refractivity contribution is 0.122. The molecule has 9 heteroatoms. The van der Waals surface area contributed by atoms with Crippen LogP contribution in [0.1, 0.15) is 12.8 Å². The van der Waals surface area contributed by atoms with Gasteiger partial charge in [-0.1, -0.05) is 0 Å². The standard InChI is InChI=1S/C20H28N8O/c1-2-8-25(7-1)17-3-5-21-19(23-17)27-11-9-26(10-12-27)18-4-6-22-20(24-18)28-13-15-29-16-14-28/h3-6H,1-2,7-16H2. The normalized spacial score (nSPS) is 20.4. The highest BCUT2D eigenvalue weighted by Crippen LogP contribution is 2.22. The van der Waals surface area contributed by atoms with Gasteiger partial charge in [-0.25, -0.2) is 9.97 Å². The van der Waals surface area contributed by atoms with E-state index in [0.717, 1.165) is 89.1 Å². The second-order valence-electron chi connectivity index (χ2n) is 7.70. The van der Waals surface area contributed by atoms with Crippen LogP contribution in [0.5, 0.6) is 0 Å². The maximum Gasteiger partial charge on any atom is 0.227 e. The summed E-state index contributed by atoms with van der Waals surface area (Å²) in [7, 11) is 0. The Morgan fingerprint density at radius 2 is 1.07 bits per heavy atom. The SMILES string of the molecule is c1cc(N2CCN(c3nccc(N4CCCC4)n3)CC2)nc(N2CCOCC2)n1. The lowest BCUT2D eigenvalue weighted by atomic mass is 10.3. The van der Waals surface area contributed by atoms with Gasteiger partial charge in [-0.3, -0.25) is 0 Å². The molecule has 0 atom stereocenters. The average molecular weight is 396 g/mol. The van der Waals surface area contributed by atoms with E-state index in [-0.39, 0.29) is 0 Å². The summed E-state index contributed by atoms with van der Waals surface area (Å²) in [6, 6.07) is 4.03. The molecule has 3 aliphatic rings. The van der Waals surface area contributed by atoms with Crippen LogP contribution in [0.2, 0.25) is 0 Å². The van der Waals surface area contributed by atoms with Crippen LogP contribution >= 0.6 is 0 Å². The Morgan fingerprint density at radius 1 is 0.586 bits per heavy atom. The molecule has 0 radical (unpaired) electrons. The van der Waals surface area contributed by atoms with Gasteiger partial charge in [0.25, 0.3) is 0 Å². The van der Waals surface area contributed by atoms with Crippen molar-refractivity contribution in [2.45, 2.75) is 12.8 Å². The van der Waals surface area contributed by atoms with Gasteiger partial charge in [0.15, 0.2) is 0 Å². The Morgan fingerprint density at radius 3 is 1.66 bits per heavy atom. The number of morpholine rings is 1. The minimum Gasteiger partial charge on any atom is -0.378 e. The molecule has 0 N–H and O–H groups in total. The Hall–Kier alpha value is -2.68. The van der Waals surface area contributed by atoms with Gasteiger partial charge >= 0.3 is 0 Å². The van der Waals surface area contributed by atoms with Crippen molar-refractivity contribution in [2.24, 2.45) is 0 Å². The molecule has 9 nitrogen and oxygen atoms in total. The number of ether oxygens (including phenoxy) is 1. The third-order valence-electron chi connectivity index (χ3n) is 5.87. The molecule has 0 saturated carbocycles. The minimum absolute atomic E-state index is 0.739. The lowest BCUT2D eigenvalue weighted by Crippen LogP contribution is -2.47. The van der Waals surface area contributed by atoms with Gasteiger partial charge in [-0.2, -0.15) is 9.97 Å². The molecule has 29 heavy (non-hydrogen) atoms. The van der Waals surface area contributed by atoms with Crippen molar-refractivity contribution in [3.05, 3.63) is 24.5 Å². The molecule has 0 aromatic carbocycles. The van der Waals surface area contributed by atoms with Crippen LogP contribution in [-0.2, 0) is 4.74 Å². The Kier molecular flexibility index (Phi) is 5.29. The fourth-order valence-corrected chi connectivity index (χ4v) is 4.18. The van der Waals surface area contributed by atoms with Gasteiger partial charge in [0.2, 0.25) is 11.9 Å². The molecule has 3 fully saturated rings. The highest BCUT2D eigenvalue weighted by atomic mass is 16.5. The first-order valence-corrected chi connectivity index (χ1v) is 10.6. The fourth-order valence-electron chi connectivity index (χ4n) is 4.18. The molecule has 5 rings (SSSR count). The summed E-state index contributed by atoms with van der Waals surface area (Å²) in [4.78, 5) is 27.8. The highest BCUT2D eigenvalue weighted by molar-refractivity contribution is 5.48. The van der Waals surface area contributed by atoms with Crippen LogP contribution in [0.15, 0.2) is 24.5 Å². The third-order valence-corrected chi connectivity index (χ3v) is 5.87. The highest BCUT2D eigenvalue weighted by Gasteiger charge is 2.23. The van der Waals surface area contributed by atoms with E-state index < -0.39 is 0 Å². The quantitative estimate of drug-likeness (QED) is 0.753. The van der Waals surface area contributed by atoms with Crippen molar-refractivity contribution in [2.75, 3.05) is 85.2 Å². The van der Waals surface area contributed by atoms with Crippen molar-refractivity contribution >= 4 is 23.5 Å². The summed E-state index contributed by atoms with van der Waals surface area (Å²) in [6.07, 6.45) is 6.26. The van der Waals surface area contributed by atoms with Crippen molar-refractivity contribution in [1.29, 1.82) is 0 Å². The number of anilines is 4. The maximum absolute atomic E-state index is 5.43. The molecule has 3 saturated heterocycles. The van der Waals surface area contributed by atoms with Gasteiger partial charge < -0.3 is 24.3 Å². The van der Waals surface area contributed by atoms with Gasteiger partial charge in [-0.15, -0.1) is 0 Å². The van der Waals surface area contributed by atoms with E-state index in [0.29, 0.717) is 0 Å². The summed E-state index contributed by atoms with van der Waals surface area (Å²) < 4.78 is 5.43. The monoisotopic (exact) mass is 396 g/mol. The molecule has 154 valence electrons. The van der Waals surface area contributed by atoms with Crippen LogP contribution < -0.4 is 19.6 Å². The van der Waals surface area contributed by atoms with Crippen LogP contribution in [0, 0.1) is 0 Å². The van der Waals surface area contributed by atoms with E-state index >= 15 is 0 Å². The smallest absolute Gasteiger partial charge is 0.227 e. The summed E-state index contributed by atoms with van der Waals surface area (Å²) in [5, 5.41) is 0. The molecular weight excluding hydrogens is 368 g/mol. The second-order valence-corrected chi connectivity index (χ2v) is 7.70.